The van der Waals surface area contributed by atoms with Crippen LogP contribution in [0.1, 0.15) is 37.0 Å². The van der Waals surface area contributed by atoms with E-state index in [9.17, 15) is 4.79 Å². The Balaban J connectivity index is 2.31. The highest BCUT2D eigenvalue weighted by molar-refractivity contribution is 5.87. The van der Waals surface area contributed by atoms with Crippen LogP contribution in [0.4, 0.5) is 0 Å². The zero-order valence-corrected chi connectivity index (χ0v) is 11.0. The number of hydrogen-bond acceptors (Lipinski definition) is 3. The molecular formula is C14H21NO3. The normalized spacial score (nSPS) is 12.1. The standard InChI is InChI=1S/C14H21NO3/c1-3-5-11(2)15-8-9-18-13-7-4-6-12(10-13)14(16)17/h4,6-7,10-11,15H,3,5,8-9H2,1-2H3,(H,16,17). The van der Waals surface area contributed by atoms with E-state index in [1.807, 2.05) is 0 Å². The lowest BCUT2D eigenvalue weighted by Gasteiger charge is -2.13. The van der Waals surface area contributed by atoms with Crippen molar-refractivity contribution < 1.29 is 14.6 Å². The van der Waals surface area contributed by atoms with Gasteiger partial charge in [-0.2, -0.15) is 0 Å². The van der Waals surface area contributed by atoms with Gasteiger partial charge in [0.05, 0.1) is 5.56 Å². The van der Waals surface area contributed by atoms with Crippen LogP contribution in [-0.4, -0.2) is 30.3 Å². The second-order valence-electron chi connectivity index (χ2n) is 4.33. The highest BCUT2D eigenvalue weighted by Gasteiger charge is 2.04. The molecule has 0 saturated carbocycles. The minimum absolute atomic E-state index is 0.250. The van der Waals surface area contributed by atoms with Gasteiger partial charge in [0, 0.05) is 12.6 Å². The van der Waals surface area contributed by atoms with Crippen molar-refractivity contribution in [2.75, 3.05) is 13.2 Å². The number of hydrogen-bond donors (Lipinski definition) is 2. The Hall–Kier alpha value is -1.55. The second kappa shape index (κ2) is 7.71. The average molecular weight is 251 g/mol. The highest BCUT2D eigenvalue weighted by atomic mass is 16.5. The maximum absolute atomic E-state index is 10.8. The van der Waals surface area contributed by atoms with Crippen LogP contribution in [0.25, 0.3) is 0 Å². The number of rotatable bonds is 8. The Morgan fingerprint density at radius 2 is 2.28 bits per heavy atom. The van der Waals surface area contributed by atoms with E-state index < -0.39 is 5.97 Å². The molecule has 0 spiro atoms. The summed E-state index contributed by atoms with van der Waals surface area (Å²) in [5.74, 6) is -0.338. The number of aromatic carboxylic acids is 1. The predicted molar refractivity (Wildman–Crippen MR) is 71.3 cm³/mol. The summed E-state index contributed by atoms with van der Waals surface area (Å²) in [4.78, 5) is 10.8. The van der Waals surface area contributed by atoms with Gasteiger partial charge >= 0.3 is 5.97 Å². The molecule has 1 aromatic rings. The van der Waals surface area contributed by atoms with E-state index in [2.05, 4.69) is 19.2 Å². The number of ether oxygens (including phenoxy) is 1. The molecule has 4 nitrogen and oxygen atoms in total. The molecule has 2 N–H and O–H groups in total. The van der Waals surface area contributed by atoms with Gasteiger partial charge in [-0.15, -0.1) is 0 Å². The zero-order chi connectivity index (χ0) is 13.4. The molecular weight excluding hydrogens is 230 g/mol. The van der Waals surface area contributed by atoms with Crippen molar-refractivity contribution in [2.45, 2.75) is 32.7 Å². The van der Waals surface area contributed by atoms with Crippen LogP contribution in [0, 0.1) is 0 Å². The summed E-state index contributed by atoms with van der Waals surface area (Å²) in [5.41, 5.74) is 0.250. The third kappa shape index (κ3) is 5.19. The van der Waals surface area contributed by atoms with Gasteiger partial charge in [-0.05, 0) is 31.5 Å². The molecule has 1 rings (SSSR count). The van der Waals surface area contributed by atoms with Crippen LogP contribution in [0.3, 0.4) is 0 Å². The van der Waals surface area contributed by atoms with E-state index in [1.54, 1.807) is 18.2 Å². The minimum Gasteiger partial charge on any atom is -0.492 e. The van der Waals surface area contributed by atoms with Crippen molar-refractivity contribution in [3.63, 3.8) is 0 Å². The number of carbonyl (C=O) groups is 1. The van der Waals surface area contributed by atoms with Gasteiger partial charge in [0.25, 0.3) is 0 Å². The zero-order valence-electron chi connectivity index (χ0n) is 11.0. The lowest BCUT2D eigenvalue weighted by molar-refractivity contribution is 0.0696. The van der Waals surface area contributed by atoms with Crippen LogP contribution in [-0.2, 0) is 0 Å². The molecule has 100 valence electrons. The molecule has 0 aromatic heterocycles. The number of carboxylic acids is 1. The van der Waals surface area contributed by atoms with E-state index in [0.29, 0.717) is 18.4 Å². The largest absolute Gasteiger partial charge is 0.492 e. The van der Waals surface area contributed by atoms with Gasteiger partial charge in [-0.25, -0.2) is 4.79 Å². The average Bonchev–Trinajstić information content (AvgIpc) is 2.35. The fourth-order valence-electron chi connectivity index (χ4n) is 1.73. The summed E-state index contributed by atoms with van der Waals surface area (Å²) in [6.07, 6.45) is 2.31. The molecule has 0 fully saturated rings. The molecule has 0 amide bonds. The molecule has 18 heavy (non-hydrogen) atoms. The summed E-state index contributed by atoms with van der Waals surface area (Å²) < 4.78 is 5.50. The Morgan fingerprint density at radius 3 is 2.94 bits per heavy atom. The third-order valence-electron chi connectivity index (χ3n) is 2.67. The van der Waals surface area contributed by atoms with Gasteiger partial charge in [-0.3, -0.25) is 0 Å². The summed E-state index contributed by atoms with van der Waals surface area (Å²) in [5, 5.41) is 12.2. The molecule has 1 atom stereocenters. The smallest absolute Gasteiger partial charge is 0.335 e. The highest BCUT2D eigenvalue weighted by Crippen LogP contribution is 2.12. The molecule has 0 heterocycles. The first-order valence-electron chi connectivity index (χ1n) is 6.33. The first-order valence-corrected chi connectivity index (χ1v) is 6.33. The quantitative estimate of drug-likeness (QED) is 0.697. The predicted octanol–water partition coefficient (Wildman–Crippen LogP) is 2.54. The maximum Gasteiger partial charge on any atom is 0.335 e. The van der Waals surface area contributed by atoms with Crippen LogP contribution >= 0.6 is 0 Å². The molecule has 1 unspecified atom stereocenters. The lowest BCUT2D eigenvalue weighted by atomic mass is 10.2. The van der Waals surface area contributed by atoms with Crippen LogP contribution in [0.5, 0.6) is 5.75 Å². The van der Waals surface area contributed by atoms with Crippen LogP contribution in [0.15, 0.2) is 24.3 Å². The van der Waals surface area contributed by atoms with Gasteiger partial charge in [0.2, 0.25) is 0 Å². The van der Waals surface area contributed by atoms with E-state index in [1.165, 1.54) is 6.07 Å². The van der Waals surface area contributed by atoms with Crippen molar-refractivity contribution in [1.82, 2.24) is 5.32 Å². The number of carboxylic acid groups (broad SMARTS) is 1. The molecule has 0 aliphatic carbocycles. The summed E-state index contributed by atoms with van der Waals surface area (Å²) in [6, 6.07) is 7.03. The van der Waals surface area contributed by atoms with Crippen molar-refractivity contribution in [2.24, 2.45) is 0 Å². The van der Waals surface area contributed by atoms with Crippen molar-refractivity contribution in [1.29, 1.82) is 0 Å². The van der Waals surface area contributed by atoms with Gasteiger partial charge < -0.3 is 15.2 Å². The minimum atomic E-state index is -0.935. The fourth-order valence-corrected chi connectivity index (χ4v) is 1.73. The third-order valence-corrected chi connectivity index (χ3v) is 2.67. The second-order valence-corrected chi connectivity index (χ2v) is 4.33. The summed E-state index contributed by atoms with van der Waals surface area (Å²) >= 11 is 0. The maximum atomic E-state index is 10.8. The molecule has 0 radical (unpaired) electrons. The van der Waals surface area contributed by atoms with Crippen LogP contribution in [0.2, 0.25) is 0 Å². The molecule has 0 aliphatic rings. The first kappa shape index (κ1) is 14.5. The van der Waals surface area contributed by atoms with E-state index in [4.69, 9.17) is 9.84 Å². The lowest BCUT2D eigenvalue weighted by Crippen LogP contribution is -2.29. The SMILES string of the molecule is CCCC(C)NCCOc1cccc(C(=O)O)c1. The van der Waals surface area contributed by atoms with Crippen molar-refractivity contribution in [3.8, 4) is 5.75 Å². The van der Waals surface area contributed by atoms with E-state index in [0.717, 1.165) is 19.4 Å². The van der Waals surface area contributed by atoms with Gasteiger partial charge in [-0.1, -0.05) is 19.4 Å². The Labute approximate surface area is 108 Å². The van der Waals surface area contributed by atoms with Gasteiger partial charge in [0.15, 0.2) is 0 Å². The summed E-state index contributed by atoms with van der Waals surface area (Å²) in [7, 11) is 0. The van der Waals surface area contributed by atoms with Crippen molar-refractivity contribution in [3.05, 3.63) is 29.8 Å². The summed E-state index contributed by atoms with van der Waals surface area (Å²) in [6.45, 7) is 5.61. The van der Waals surface area contributed by atoms with E-state index in [-0.39, 0.29) is 5.56 Å². The molecule has 0 saturated heterocycles. The van der Waals surface area contributed by atoms with E-state index >= 15 is 0 Å². The van der Waals surface area contributed by atoms with Crippen molar-refractivity contribution >= 4 is 5.97 Å². The first-order chi connectivity index (χ1) is 8.63. The Bertz CT molecular complexity index is 379. The number of benzene rings is 1. The topological polar surface area (TPSA) is 58.6 Å². The monoisotopic (exact) mass is 251 g/mol. The molecule has 4 heteroatoms. The Kier molecular flexibility index (Phi) is 6.22. The molecule has 0 bridgehead atoms. The number of nitrogens with one attached hydrogen (secondary N) is 1. The van der Waals surface area contributed by atoms with Crippen LogP contribution < -0.4 is 10.1 Å². The van der Waals surface area contributed by atoms with Gasteiger partial charge in [0.1, 0.15) is 12.4 Å². The Morgan fingerprint density at radius 1 is 1.50 bits per heavy atom. The fraction of sp³-hybridized carbons (Fsp3) is 0.500. The molecule has 1 aromatic carbocycles. The molecule has 0 aliphatic heterocycles.